The molecule has 4 nitrogen and oxygen atoms in total. The Bertz CT molecular complexity index is 738. The Kier molecular flexibility index (Phi) is 2.80. The van der Waals surface area contributed by atoms with Crippen LogP contribution in [0.2, 0.25) is 5.15 Å². The van der Waals surface area contributed by atoms with Crippen molar-refractivity contribution in [2.24, 2.45) is 0 Å². The van der Waals surface area contributed by atoms with E-state index in [1.54, 1.807) is 16.8 Å². The zero-order valence-electron chi connectivity index (χ0n) is 9.43. The van der Waals surface area contributed by atoms with Crippen LogP contribution < -0.4 is 0 Å². The minimum atomic E-state index is 0.495. The molecule has 6 heteroatoms. The van der Waals surface area contributed by atoms with E-state index in [1.165, 1.54) is 0 Å². The lowest BCUT2D eigenvalue weighted by Gasteiger charge is -2.05. The third kappa shape index (κ3) is 1.79. The van der Waals surface area contributed by atoms with Gasteiger partial charge in [-0.3, -0.25) is 9.38 Å². The number of hydrogen-bond acceptors (Lipinski definition) is 3. The van der Waals surface area contributed by atoms with Gasteiger partial charge in [0.25, 0.3) is 0 Å². The molecule has 0 unspecified atom stereocenters. The first-order valence-electron chi connectivity index (χ1n) is 5.28. The summed E-state index contributed by atoms with van der Waals surface area (Å²) in [7, 11) is 0. The largest absolute Gasteiger partial charge is 0.262 e. The molecule has 0 aliphatic heterocycles. The minimum absolute atomic E-state index is 0.495. The second-order valence-electron chi connectivity index (χ2n) is 3.91. The van der Waals surface area contributed by atoms with Crippen molar-refractivity contribution >= 4 is 33.2 Å². The second kappa shape index (κ2) is 4.33. The predicted molar refractivity (Wildman–Crippen MR) is 73.7 cm³/mol. The number of fused-ring (bicyclic) bond motifs is 1. The van der Waals surface area contributed by atoms with E-state index in [-0.39, 0.29) is 0 Å². The fraction of sp³-hybridized carbons (Fsp3) is 0.0833. The van der Waals surface area contributed by atoms with Gasteiger partial charge in [0.1, 0.15) is 5.15 Å². The molecule has 0 saturated heterocycles. The number of aryl methyl sites for hydroxylation is 1. The van der Waals surface area contributed by atoms with E-state index < -0.39 is 0 Å². The summed E-state index contributed by atoms with van der Waals surface area (Å²) < 4.78 is 2.82. The number of rotatable bonds is 1. The third-order valence-corrected chi connectivity index (χ3v) is 3.46. The van der Waals surface area contributed by atoms with Gasteiger partial charge in [-0.1, -0.05) is 27.5 Å². The molecule has 18 heavy (non-hydrogen) atoms. The summed E-state index contributed by atoms with van der Waals surface area (Å²) >= 11 is 9.59. The van der Waals surface area contributed by atoms with E-state index in [0.29, 0.717) is 10.8 Å². The topological polar surface area (TPSA) is 43.1 Å². The smallest absolute Gasteiger partial charge is 0.180 e. The summed E-state index contributed by atoms with van der Waals surface area (Å²) in [4.78, 5) is 3.99. The van der Waals surface area contributed by atoms with Crippen molar-refractivity contribution in [3.05, 3.63) is 45.8 Å². The highest BCUT2D eigenvalue weighted by molar-refractivity contribution is 9.10. The molecule has 0 aliphatic rings. The molecule has 90 valence electrons. The average molecular weight is 324 g/mol. The summed E-state index contributed by atoms with van der Waals surface area (Å²) in [6.45, 7) is 2.02. The van der Waals surface area contributed by atoms with Gasteiger partial charge in [0.15, 0.2) is 11.5 Å². The highest BCUT2D eigenvalue weighted by Gasteiger charge is 2.12. The van der Waals surface area contributed by atoms with E-state index >= 15 is 0 Å². The SMILES string of the molecule is Cc1cc(Br)ccc1-c1nnc2cncc(Cl)n12. The molecule has 0 amide bonds. The number of hydrogen-bond donors (Lipinski definition) is 0. The lowest BCUT2D eigenvalue weighted by molar-refractivity contribution is 1.10. The van der Waals surface area contributed by atoms with Gasteiger partial charge in [-0.2, -0.15) is 0 Å². The zero-order valence-corrected chi connectivity index (χ0v) is 11.8. The Morgan fingerprint density at radius 3 is 2.83 bits per heavy atom. The molecule has 0 atom stereocenters. The molecule has 0 N–H and O–H groups in total. The fourth-order valence-corrected chi connectivity index (χ4v) is 2.56. The molecule has 0 aliphatic carbocycles. The van der Waals surface area contributed by atoms with Gasteiger partial charge >= 0.3 is 0 Å². The van der Waals surface area contributed by atoms with Crippen LogP contribution in [0.5, 0.6) is 0 Å². The Morgan fingerprint density at radius 2 is 2.06 bits per heavy atom. The Balaban J connectivity index is 2.32. The van der Waals surface area contributed by atoms with Gasteiger partial charge in [-0.05, 0) is 30.7 Å². The van der Waals surface area contributed by atoms with E-state index in [2.05, 4.69) is 31.1 Å². The molecule has 2 aromatic heterocycles. The Labute approximate surface area is 117 Å². The summed E-state index contributed by atoms with van der Waals surface area (Å²) in [6, 6.07) is 6.00. The number of halogens is 2. The summed E-state index contributed by atoms with van der Waals surface area (Å²) in [5.74, 6) is 0.724. The van der Waals surface area contributed by atoms with Crippen LogP contribution in [0.25, 0.3) is 17.0 Å². The maximum absolute atomic E-state index is 6.15. The number of benzene rings is 1. The van der Waals surface area contributed by atoms with Gasteiger partial charge in [-0.25, -0.2) is 0 Å². The van der Waals surface area contributed by atoms with Gasteiger partial charge < -0.3 is 0 Å². The first-order chi connectivity index (χ1) is 8.66. The molecular formula is C12H8BrClN4. The standard InChI is InChI=1S/C12H8BrClN4/c1-7-4-8(13)2-3-9(7)12-17-16-11-6-15-5-10(14)18(11)12/h2-6H,1H3. The van der Waals surface area contributed by atoms with E-state index in [0.717, 1.165) is 21.4 Å². The fourth-order valence-electron chi connectivity index (χ4n) is 1.87. The molecule has 0 bridgehead atoms. The molecule has 3 rings (SSSR count). The second-order valence-corrected chi connectivity index (χ2v) is 5.21. The van der Waals surface area contributed by atoms with Gasteiger partial charge in [0.2, 0.25) is 0 Å². The molecule has 1 aromatic carbocycles. The van der Waals surface area contributed by atoms with Crippen LogP contribution in [0.1, 0.15) is 5.56 Å². The van der Waals surface area contributed by atoms with Crippen molar-refractivity contribution in [3.63, 3.8) is 0 Å². The van der Waals surface area contributed by atoms with E-state index in [9.17, 15) is 0 Å². The van der Waals surface area contributed by atoms with Gasteiger partial charge in [0, 0.05) is 10.0 Å². The predicted octanol–water partition coefficient (Wildman–Crippen LogP) is 3.52. The maximum atomic E-state index is 6.15. The normalized spacial score (nSPS) is 11.1. The van der Waals surface area contributed by atoms with Gasteiger partial charge in [0.05, 0.1) is 12.4 Å². The number of nitrogens with zero attached hydrogens (tertiary/aromatic N) is 4. The van der Waals surface area contributed by atoms with Crippen LogP contribution in [0.4, 0.5) is 0 Å². The Morgan fingerprint density at radius 1 is 1.22 bits per heavy atom. The monoisotopic (exact) mass is 322 g/mol. The first-order valence-corrected chi connectivity index (χ1v) is 6.45. The lowest BCUT2D eigenvalue weighted by Crippen LogP contribution is -1.94. The molecule has 0 saturated carbocycles. The van der Waals surface area contributed by atoms with E-state index in [1.807, 2.05) is 25.1 Å². The average Bonchev–Trinajstić information content (AvgIpc) is 2.74. The maximum Gasteiger partial charge on any atom is 0.180 e. The lowest BCUT2D eigenvalue weighted by atomic mass is 10.1. The van der Waals surface area contributed by atoms with Crippen molar-refractivity contribution in [3.8, 4) is 11.4 Å². The van der Waals surface area contributed by atoms with Crippen LogP contribution in [-0.2, 0) is 0 Å². The number of aromatic nitrogens is 4. The van der Waals surface area contributed by atoms with Crippen molar-refractivity contribution in [2.45, 2.75) is 6.92 Å². The summed E-state index contributed by atoms with van der Waals surface area (Å²) in [5.41, 5.74) is 2.74. The van der Waals surface area contributed by atoms with Crippen LogP contribution in [-0.4, -0.2) is 19.6 Å². The molecule has 0 radical (unpaired) electrons. The van der Waals surface area contributed by atoms with Crippen molar-refractivity contribution in [1.29, 1.82) is 0 Å². The van der Waals surface area contributed by atoms with Gasteiger partial charge in [-0.15, -0.1) is 10.2 Å². The van der Waals surface area contributed by atoms with Crippen LogP contribution in [0.15, 0.2) is 35.1 Å². The van der Waals surface area contributed by atoms with Crippen LogP contribution >= 0.6 is 27.5 Å². The molecule has 0 spiro atoms. The highest BCUT2D eigenvalue weighted by Crippen LogP contribution is 2.26. The quantitative estimate of drug-likeness (QED) is 0.688. The van der Waals surface area contributed by atoms with Crippen molar-refractivity contribution in [2.75, 3.05) is 0 Å². The zero-order chi connectivity index (χ0) is 12.7. The molecule has 2 heterocycles. The van der Waals surface area contributed by atoms with Crippen LogP contribution in [0.3, 0.4) is 0 Å². The van der Waals surface area contributed by atoms with Crippen molar-refractivity contribution < 1.29 is 0 Å². The highest BCUT2D eigenvalue weighted by atomic mass is 79.9. The third-order valence-electron chi connectivity index (χ3n) is 2.70. The molecule has 0 fully saturated rings. The summed E-state index contributed by atoms with van der Waals surface area (Å²) in [6.07, 6.45) is 3.21. The van der Waals surface area contributed by atoms with E-state index in [4.69, 9.17) is 11.6 Å². The molecular weight excluding hydrogens is 316 g/mol. The Hall–Kier alpha value is -1.46. The first kappa shape index (κ1) is 11.6. The summed E-state index contributed by atoms with van der Waals surface area (Å²) in [5, 5.41) is 8.76. The van der Waals surface area contributed by atoms with Crippen molar-refractivity contribution in [1.82, 2.24) is 19.6 Å². The van der Waals surface area contributed by atoms with Crippen LogP contribution in [0, 0.1) is 6.92 Å². The minimum Gasteiger partial charge on any atom is -0.262 e. The molecule has 3 aromatic rings.